The summed E-state index contributed by atoms with van der Waals surface area (Å²) < 4.78 is 5.34. The molecule has 2 rings (SSSR count). The molecule has 18 heavy (non-hydrogen) atoms. The van der Waals surface area contributed by atoms with Crippen LogP contribution in [0, 0.1) is 5.92 Å². The van der Waals surface area contributed by atoms with Crippen LogP contribution < -0.4 is 10.1 Å². The van der Waals surface area contributed by atoms with E-state index in [1.54, 1.807) is 0 Å². The maximum Gasteiger partial charge on any atom is 0.218 e. The molecule has 1 aromatic heterocycles. The first-order chi connectivity index (χ1) is 8.78. The Morgan fingerprint density at radius 1 is 1.33 bits per heavy atom. The summed E-state index contributed by atoms with van der Waals surface area (Å²) in [6.45, 7) is 3.52. The molecule has 1 aromatic rings. The van der Waals surface area contributed by atoms with E-state index >= 15 is 0 Å². The number of nitrogens with zero attached hydrogens (tertiary/aromatic N) is 2. The number of ether oxygens (including phenoxy) is 1. The molecule has 5 heteroatoms. The number of nitrogens with one attached hydrogen (secondary N) is 1. The van der Waals surface area contributed by atoms with Crippen molar-refractivity contribution in [1.82, 2.24) is 9.97 Å². The smallest absolute Gasteiger partial charge is 0.218 e. The van der Waals surface area contributed by atoms with Crippen molar-refractivity contribution in [3.8, 4) is 5.88 Å². The molecule has 4 nitrogen and oxygen atoms in total. The first-order valence-corrected chi connectivity index (χ1v) is 7.04. The van der Waals surface area contributed by atoms with E-state index in [0.717, 1.165) is 25.2 Å². The Bertz CT molecular complexity index is 367. The molecular weight excluding hydrogens is 250 g/mol. The highest BCUT2D eigenvalue weighted by Crippen LogP contribution is 2.27. The van der Waals surface area contributed by atoms with Crippen LogP contribution in [-0.2, 0) is 0 Å². The Labute approximate surface area is 113 Å². The Balaban J connectivity index is 1.80. The maximum atomic E-state index is 6.10. The first kappa shape index (κ1) is 13.4. The Morgan fingerprint density at radius 2 is 2.11 bits per heavy atom. The van der Waals surface area contributed by atoms with Crippen LogP contribution in [0.3, 0.4) is 0 Å². The topological polar surface area (TPSA) is 47.0 Å². The fraction of sp³-hybridized carbons (Fsp3) is 0.692. The second kappa shape index (κ2) is 6.78. The van der Waals surface area contributed by atoms with Crippen molar-refractivity contribution in [3.05, 3.63) is 12.4 Å². The van der Waals surface area contributed by atoms with Gasteiger partial charge in [0, 0.05) is 18.0 Å². The predicted octanol–water partition coefficient (Wildman–Crippen LogP) is 3.08. The van der Waals surface area contributed by atoms with Gasteiger partial charge in [0.1, 0.15) is 12.1 Å². The van der Waals surface area contributed by atoms with Crippen molar-refractivity contribution in [2.24, 2.45) is 5.92 Å². The highest BCUT2D eigenvalue weighted by atomic mass is 35.5. The number of aromatic nitrogens is 2. The van der Waals surface area contributed by atoms with Gasteiger partial charge >= 0.3 is 0 Å². The standard InChI is InChI=1S/C13H20ClN3O/c1-2-18-13-7-12(16-9-17-13)15-8-10-3-5-11(14)6-4-10/h7,9-11H,2-6,8H2,1H3,(H,15,16,17). The van der Waals surface area contributed by atoms with Gasteiger partial charge in [-0.05, 0) is 38.5 Å². The van der Waals surface area contributed by atoms with Gasteiger partial charge in [0.05, 0.1) is 6.61 Å². The number of hydrogen-bond acceptors (Lipinski definition) is 4. The van der Waals surface area contributed by atoms with Crippen LogP contribution >= 0.6 is 11.6 Å². The minimum atomic E-state index is 0.379. The zero-order chi connectivity index (χ0) is 12.8. The molecule has 1 heterocycles. The summed E-state index contributed by atoms with van der Waals surface area (Å²) in [5.74, 6) is 2.16. The van der Waals surface area contributed by atoms with Crippen molar-refractivity contribution < 1.29 is 4.74 Å². The molecular formula is C13H20ClN3O. The van der Waals surface area contributed by atoms with E-state index in [1.165, 1.54) is 19.2 Å². The third kappa shape index (κ3) is 4.02. The van der Waals surface area contributed by atoms with Crippen molar-refractivity contribution in [2.45, 2.75) is 38.0 Å². The van der Waals surface area contributed by atoms with Crippen LogP contribution in [0.25, 0.3) is 0 Å². The first-order valence-electron chi connectivity index (χ1n) is 6.60. The molecule has 0 aromatic carbocycles. The lowest BCUT2D eigenvalue weighted by Crippen LogP contribution is -2.21. The van der Waals surface area contributed by atoms with Gasteiger partial charge in [-0.15, -0.1) is 11.6 Å². The molecule has 0 aliphatic heterocycles. The summed E-state index contributed by atoms with van der Waals surface area (Å²) >= 11 is 6.10. The van der Waals surface area contributed by atoms with E-state index in [0.29, 0.717) is 23.8 Å². The molecule has 1 saturated carbocycles. The van der Waals surface area contributed by atoms with Crippen LogP contribution in [0.4, 0.5) is 5.82 Å². The number of alkyl halides is 1. The van der Waals surface area contributed by atoms with Crippen LogP contribution in [-0.4, -0.2) is 28.5 Å². The lowest BCUT2D eigenvalue weighted by Gasteiger charge is -2.25. The third-order valence-electron chi connectivity index (χ3n) is 3.28. The summed E-state index contributed by atoms with van der Waals surface area (Å²) in [5.41, 5.74) is 0. The molecule has 0 unspecified atom stereocenters. The minimum Gasteiger partial charge on any atom is -0.478 e. The van der Waals surface area contributed by atoms with Gasteiger partial charge in [0.25, 0.3) is 0 Å². The predicted molar refractivity (Wildman–Crippen MR) is 73.3 cm³/mol. The number of anilines is 1. The van der Waals surface area contributed by atoms with E-state index in [9.17, 15) is 0 Å². The maximum absolute atomic E-state index is 6.10. The average Bonchev–Trinajstić information content (AvgIpc) is 2.39. The van der Waals surface area contributed by atoms with Crippen molar-refractivity contribution in [2.75, 3.05) is 18.5 Å². The second-order valence-electron chi connectivity index (χ2n) is 4.67. The van der Waals surface area contributed by atoms with Crippen LogP contribution in [0.5, 0.6) is 5.88 Å². The molecule has 1 N–H and O–H groups in total. The Kier molecular flexibility index (Phi) is 5.05. The summed E-state index contributed by atoms with van der Waals surface area (Å²) in [5, 5.41) is 3.73. The number of halogens is 1. The van der Waals surface area contributed by atoms with Gasteiger partial charge in [0.15, 0.2) is 0 Å². The normalized spacial score (nSPS) is 23.7. The third-order valence-corrected chi connectivity index (χ3v) is 3.72. The van der Waals surface area contributed by atoms with Crippen LogP contribution in [0.15, 0.2) is 12.4 Å². The largest absolute Gasteiger partial charge is 0.478 e. The van der Waals surface area contributed by atoms with Gasteiger partial charge in [0.2, 0.25) is 5.88 Å². The zero-order valence-corrected chi connectivity index (χ0v) is 11.5. The second-order valence-corrected chi connectivity index (χ2v) is 5.29. The lowest BCUT2D eigenvalue weighted by atomic mass is 9.89. The van der Waals surface area contributed by atoms with Crippen molar-refractivity contribution in [1.29, 1.82) is 0 Å². The number of rotatable bonds is 5. The lowest BCUT2D eigenvalue weighted by molar-refractivity contribution is 0.326. The molecule has 0 atom stereocenters. The summed E-state index contributed by atoms with van der Waals surface area (Å²) in [6, 6.07) is 1.84. The highest BCUT2D eigenvalue weighted by molar-refractivity contribution is 6.20. The van der Waals surface area contributed by atoms with Crippen LogP contribution in [0.2, 0.25) is 0 Å². The molecule has 0 radical (unpaired) electrons. The molecule has 1 aliphatic rings. The van der Waals surface area contributed by atoms with Gasteiger partial charge in [-0.25, -0.2) is 9.97 Å². The number of hydrogen-bond donors (Lipinski definition) is 1. The van der Waals surface area contributed by atoms with E-state index in [1.807, 2.05) is 13.0 Å². The fourth-order valence-corrected chi connectivity index (χ4v) is 2.49. The van der Waals surface area contributed by atoms with Gasteiger partial charge < -0.3 is 10.1 Å². The van der Waals surface area contributed by atoms with Crippen LogP contribution in [0.1, 0.15) is 32.6 Å². The molecule has 0 bridgehead atoms. The Hall–Kier alpha value is -1.03. The molecule has 1 fully saturated rings. The van der Waals surface area contributed by atoms with E-state index < -0.39 is 0 Å². The molecule has 0 amide bonds. The highest BCUT2D eigenvalue weighted by Gasteiger charge is 2.19. The van der Waals surface area contributed by atoms with E-state index in [2.05, 4.69) is 15.3 Å². The van der Waals surface area contributed by atoms with Gasteiger partial charge in [-0.1, -0.05) is 0 Å². The summed E-state index contributed by atoms with van der Waals surface area (Å²) in [6.07, 6.45) is 6.18. The average molecular weight is 270 g/mol. The monoisotopic (exact) mass is 269 g/mol. The molecule has 0 spiro atoms. The SMILES string of the molecule is CCOc1cc(NCC2CCC(Cl)CC2)ncn1. The van der Waals surface area contributed by atoms with E-state index in [-0.39, 0.29) is 0 Å². The zero-order valence-electron chi connectivity index (χ0n) is 10.7. The Morgan fingerprint density at radius 3 is 2.83 bits per heavy atom. The van der Waals surface area contributed by atoms with Gasteiger partial charge in [-0.3, -0.25) is 0 Å². The van der Waals surface area contributed by atoms with Gasteiger partial charge in [-0.2, -0.15) is 0 Å². The van der Waals surface area contributed by atoms with Crippen molar-refractivity contribution in [3.63, 3.8) is 0 Å². The molecule has 0 saturated heterocycles. The minimum absolute atomic E-state index is 0.379. The summed E-state index contributed by atoms with van der Waals surface area (Å²) in [4.78, 5) is 8.24. The summed E-state index contributed by atoms with van der Waals surface area (Å²) in [7, 11) is 0. The van der Waals surface area contributed by atoms with E-state index in [4.69, 9.17) is 16.3 Å². The fourth-order valence-electron chi connectivity index (χ4n) is 2.24. The molecule has 100 valence electrons. The molecule has 1 aliphatic carbocycles. The van der Waals surface area contributed by atoms with Crippen molar-refractivity contribution >= 4 is 17.4 Å². The quantitative estimate of drug-likeness (QED) is 0.835.